The van der Waals surface area contributed by atoms with E-state index in [1.807, 2.05) is 13.8 Å². The second-order valence-electron chi connectivity index (χ2n) is 4.70. The van der Waals surface area contributed by atoms with E-state index < -0.39 is 11.6 Å². The van der Waals surface area contributed by atoms with Crippen molar-refractivity contribution < 1.29 is 8.78 Å². The van der Waals surface area contributed by atoms with Gasteiger partial charge in [-0.3, -0.25) is 0 Å². The van der Waals surface area contributed by atoms with Gasteiger partial charge in [0.25, 0.3) is 0 Å². The maximum Gasteiger partial charge on any atom is 0.126 e. The van der Waals surface area contributed by atoms with Crippen molar-refractivity contribution in [2.45, 2.75) is 32.7 Å². The quantitative estimate of drug-likeness (QED) is 0.935. The van der Waals surface area contributed by atoms with E-state index in [1.54, 1.807) is 11.3 Å². The van der Waals surface area contributed by atoms with E-state index in [9.17, 15) is 8.78 Å². The number of hydrogen-bond donors (Lipinski definition) is 1. The molecule has 2 nitrogen and oxygen atoms in total. The van der Waals surface area contributed by atoms with Gasteiger partial charge in [0.15, 0.2) is 0 Å². The van der Waals surface area contributed by atoms with Gasteiger partial charge >= 0.3 is 0 Å². The summed E-state index contributed by atoms with van der Waals surface area (Å²) in [5, 5.41) is 0.972. The predicted octanol–water partition coefficient (Wildman–Crippen LogP) is 3.15. The van der Waals surface area contributed by atoms with Crippen LogP contribution in [-0.4, -0.2) is 11.0 Å². The summed E-state index contributed by atoms with van der Waals surface area (Å²) in [6, 6.07) is 3.32. The Morgan fingerprint density at radius 3 is 2.32 bits per heavy atom. The van der Waals surface area contributed by atoms with Gasteiger partial charge in [0.05, 0.1) is 10.7 Å². The first-order chi connectivity index (χ1) is 8.94. The van der Waals surface area contributed by atoms with Crippen LogP contribution in [0, 0.1) is 25.5 Å². The Bertz CT molecular complexity index is 541. The molecule has 1 aromatic heterocycles. The topological polar surface area (TPSA) is 38.9 Å². The van der Waals surface area contributed by atoms with E-state index in [4.69, 9.17) is 5.73 Å². The minimum absolute atomic E-state index is 0.189. The highest BCUT2D eigenvalue weighted by molar-refractivity contribution is 7.11. The Kier molecular flexibility index (Phi) is 4.27. The monoisotopic (exact) mass is 282 g/mol. The minimum Gasteiger partial charge on any atom is -0.327 e. The molecule has 0 aliphatic carbocycles. The molecule has 0 aliphatic heterocycles. The summed E-state index contributed by atoms with van der Waals surface area (Å²) >= 11 is 1.62. The van der Waals surface area contributed by atoms with Crippen LogP contribution in [0.3, 0.4) is 0 Å². The standard InChI is InChI=1S/C14H16F2N2S/c1-8-9(2)19-14(18-8)7-13(17)5-10-3-11(15)6-12(16)4-10/h3-4,6,13H,5,7,17H2,1-2H3. The number of hydrogen-bond acceptors (Lipinski definition) is 3. The molecule has 1 heterocycles. The van der Waals surface area contributed by atoms with Crippen LogP contribution in [0.4, 0.5) is 8.78 Å². The fourth-order valence-electron chi connectivity index (χ4n) is 1.95. The summed E-state index contributed by atoms with van der Waals surface area (Å²) in [5.74, 6) is -1.13. The lowest BCUT2D eigenvalue weighted by atomic mass is 10.0. The number of benzene rings is 1. The van der Waals surface area contributed by atoms with E-state index in [1.165, 1.54) is 17.0 Å². The van der Waals surface area contributed by atoms with Gasteiger partial charge in [0.1, 0.15) is 11.6 Å². The number of aryl methyl sites for hydroxylation is 2. The zero-order valence-corrected chi connectivity index (χ0v) is 11.7. The highest BCUT2D eigenvalue weighted by Gasteiger charge is 2.11. The van der Waals surface area contributed by atoms with Crippen LogP contribution in [0.1, 0.15) is 21.1 Å². The fraction of sp³-hybridized carbons (Fsp3) is 0.357. The molecule has 0 fully saturated rings. The molecule has 5 heteroatoms. The molecule has 2 rings (SSSR count). The number of thiazole rings is 1. The third kappa shape index (κ3) is 3.81. The number of nitrogens with two attached hydrogens (primary N) is 1. The van der Waals surface area contributed by atoms with Gasteiger partial charge in [-0.1, -0.05) is 0 Å². The Morgan fingerprint density at radius 2 is 1.79 bits per heavy atom. The number of nitrogens with zero attached hydrogens (tertiary/aromatic N) is 1. The molecule has 102 valence electrons. The molecular formula is C14H16F2N2S. The van der Waals surface area contributed by atoms with E-state index >= 15 is 0 Å². The Morgan fingerprint density at radius 1 is 1.16 bits per heavy atom. The van der Waals surface area contributed by atoms with Crippen molar-refractivity contribution in [1.29, 1.82) is 0 Å². The third-order valence-corrected chi connectivity index (χ3v) is 4.03. The highest BCUT2D eigenvalue weighted by Crippen LogP contribution is 2.18. The molecule has 0 aliphatic rings. The summed E-state index contributed by atoms with van der Waals surface area (Å²) in [7, 11) is 0. The van der Waals surface area contributed by atoms with Crippen molar-refractivity contribution in [2.75, 3.05) is 0 Å². The molecule has 2 N–H and O–H groups in total. The zero-order chi connectivity index (χ0) is 14.0. The summed E-state index contributed by atoms with van der Waals surface area (Å²) in [6.07, 6.45) is 1.06. The maximum atomic E-state index is 13.1. The van der Waals surface area contributed by atoms with Crippen LogP contribution in [-0.2, 0) is 12.8 Å². The summed E-state index contributed by atoms with van der Waals surface area (Å²) in [4.78, 5) is 5.60. The zero-order valence-electron chi connectivity index (χ0n) is 10.9. The molecule has 0 saturated heterocycles. The third-order valence-electron chi connectivity index (χ3n) is 2.93. The molecule has 0 saturated carbocycles. The lowest BCUT2D eigenvalue weighted by Crippen LogP contribution is -2.25. The van der Waals surface area contributed by atoms with Crippen LogP contribution in [0.15, 0.2) is 18.2 Å². The first-order valence-electron chi connectivity index (χ1n) is 6.07. The summed E-state index contributed by atoms with van der Waals surface area (Å²) in [6.45, 7) is 3.98. The van der Waals surface area contributed by atoms with Gasteiger partial charge in [-0.25, -0.2) is 13.8 Å². The van der Waals surface area contributed by atoms with Gasteiger partial charge in [0, 0.05) is 23.4 Å². The predicted molar refractivity (Wildman–Crippen MR) is 73.3 cm³/mol. The summed E-state index contributed by atoms with van der Waals surface area (Å²) < 4.78 is 26.1. The van der Waals surface area contributed by atoms with Gasteiger partial charge in [-0.05, 0) is 38.0 Å². The molecule has 19 heavy (non-hydrogen) atoms. The largest absolute Gasteiger partial charge is 0.327 e. The molecule has 1 unspecified atom stereocenters. The molecule has 0 bridgehead atoms. The Hall–Kier alpha value is -1.33. The molecule has 0 radical (unpaired) electrons. The second kappa shape index (κ2) is 5.75. The van der Waals surface area contributed by atoms with Crippen LogP contribution >= 0.6 is 11.3 Å². The van der Waals surface area contributed by atoms with Gasteiger partial charge in [-0.2, -0.15) is 0 Å². The summed E-state index contributed by atoms with van der Waals surface area (Å²) in [5.41, 5.74) is 7.62. The number of aromatic nitrogens is 1. The average Bonchev–Trinajstić information content (AvgIpc) is 2.55. The van der Waals surface area contributed by atoms with E-state index in [-0.39, 0.29) is 6.04 Å². The number of halogens is 2. The molecule has 2 aromatic rings. The van der Waals surface area contributed by atoms with Crippen LogP contribution in [0.25, 0.3) is 0 Å². The molecule has 1 atom stereocenters. The SMILES string of the molecule is Cc1nc(CC(N)Cc2cc(F)cc(F)c2)sc1C. The molecular weight excluding hydrogens is 266 g/mol. The molecule has 0 amide bonds. The van der Waals surface area contributed by atoms with Crippen LogP contribution in [0.5, 0.6) is 0 Å². The normalized spacial score (nSPS) is 12.7. The van der Waals surface area contributed by atoms with E-state index in [0.717, 1.165) is 16.8 Å². The minimum atomic E-state index is -0.567. The Labute approximate surface area is 115 Å². The van der Waals surface area contributed by atoms with Gasteiger partial charge in [0.2, 0.25) is 0 Å². The van der Waals surface area contributed by atoms with Gasteiger partial charge in [-0.15, -0.1) is 11.3 Å². The van der Waals surface area contributed by atoms with Crippen molar-refractivity contribution in [3.05, 3.63) is 51.0 Å². The Balaban J connectivity index is 2.02. The smallest absolute Gasteiger partial charge is 0.126 e. The maximum absolute atomic E-state index is 13.1. The molecule has 0 spiro atoms. The van der Waals surface area contributed by atoms with Crippen LogP contribution in [0.2, 0.25) is 0 Å². The average molecular weight is 282 g/mol. The van der Waals surface area contributed by atoms with Crippen molar-refractivity contribution >= 4 is 11.3 Å². The van der Waals surface area contributed by atoms with Crippen molar-refractivity contribution in [3.8, 4) is 0 Å². The lowest BCUT2D eigenvalue weighted by molar-refractivity contribution is 0.574. The van der Waals surface area contributed by atoms with Crippen molar-refractivity contribution in [2.24, 2.45) is 5.73 Å². The van der Waals surface area contributed by atoms with Crippen molar-refractivity contribution in [3.63, 3.8) is 0 Å². The highest BCUT2D eigenvalue weighted by atomic mass is 32.1. The molecule has 1 aromatic carbocycles. The first-order valence-corrected chi connectivity index (χ1v) is 6.89. The van der Waals surface area contributed by atoms with E-state index in [0.29, 0.717) is 18.4 Å². The first kappa shape index (κ1) is 14.1. The number of rotatable bonds is 4. The van der Waals surface area contributed by atoms with Crippen molar-refractivity contribution in [1.82, 2.24) is 4.98 Å². The lowest BCUT2D eigenvalue weighted by Gasteiger charge is -2.10. The van der Waals surface area contributed by atoms with E-state index in [2.05, 4.69) is 4.98 Å². The fourth-order valence-corrected chi connectivity index (χ4v) is 2.98. The van der Waals surface area contributed by atoms with Gasteiger partial charge < -0.3 is 5.73 Å². The van der Waals surface area contributed by atoms with Crippen LogP contribution < -0.4 is 5.73 Å². The second-order valence-corrected chi connectivity index (χ2v) is 5.98.